The van der Waals surface area contributed by atoms with Crippen molar-refractivity contribution in [3.8, 4) is 0 Å². The van der Waals surface area contributed by atoms with E-state index in [9.17, 15) is 18.0 Å². The Morgan fingerprint density at radius 2 is 1.96 bits per heavy atom. The molecule has 1 N–H and O–H groups in total. The molecule has 3 aromatic rings. The van der Waals surface area contributed by atoms with Crippen LogP contribution >= 0.6 is 0 Å². The van der Waals surface area contributed by atoms with Crippen molar-refractivity contribution in [1.29, 1.82) is 0 Å². The molecule has 0 aliphatic heterocycles. The van der Waals surface area contributed by atoms with Crippen LogP contribution in [0.5, 0.6) is 0 Å². The van der Waals surface area contributed by atoms with Crippen LogP contribution in [0.3, 0.4) is 0 Å². The van der Waals surface area contributed by atoms with Crippen LogP contribution in [0.15, 0.2) is 48.5 Å². The predicted molar refractivity (Wildman–Crippen MR) is 87.8 cm³/mol. The van der Waals surface area contributed by atoms with E-state index in [-0.39, 0.29) is 31.1 Å². The van der Waals surface area contributed by atoms with Crippen LogP contribution < -0.4 is 5.32 Å². The number of halogens is 3. The van der Waals surface area contributed by atoms with Crippen molar-refractivity contribution in [2.24, 2.45) is 0 Å². The Labute approximate surface area is 142 Å². The van der Waals surface area contributed by atoms with Crippen molar-refractivity contribution in [2.75, 3.05) is 6.54 Å². The molecule has 0 fully saturated rings. The van der Waals surface area contributed by atoms with Crippen LogP contribution in [0, 0.1) is 5.82 Å². The third-order valence-electron chi connectivity index (χ3n) is 3.79. The summed E-state index contributed by atoms with van der Waals surface area (Å²) in [6.45, 7) is -2.53. The molecule has 0 saturated heterocycles. The lowest BCUT2D eigenvalue weighted by Crippen LogP contribution is -2.28. The van der Waals surface area contributed by atoms with Gasteiger partial charge < -0.3 is 5.32 Å². The van der Waals surface area contributed by atoms with Crippen LogP contribution in [-0.4, -0.2) is 22.0 Å². The number of carbonyl (C=O) groups excluding carboxylic acids is 1. The quantitative estimate of drug-likeness (QED) is 0.742. The molecule has 0 aliphatic carbocycles. The van der Waals surface area contributed by atoms with E-state index in [1.54, 1.807) is 30.3 Å². The molecule has 1 amide bonds. The highest BCUT2D eigenvalue weighted by Crippen LogP contribution is 2.23. The largest absolute Gasteiger partial charge is 0.355 e. The molecule has 1 aromatic heterocycles. The minimum Gasteiger partial charge on any atom is -0.355 e. The summed E-state index contributed by atoms with van der Waals surface area (Å²) in [6.07, 6.45) is 0.205. The van der Waals surface area contributed by atoms with Crippen LogP contribution in [0.25, 0.3) is 11.0 Å². The number of aromatic nitrogens is 2. The first-order chi connectivity index (χ1) is 12.0. The second-order valence-corrected chi connectivity index (χ2v) is 5.57. The van der Waals surface area contributed by atoms with Gasteiger partial charge in [0.1, 0.15) is 11.6 Å². The molecule has 2 aromatic carbocycles. The molecule has 7 heteroatoms. The van der Waals surface area contributed by atoms with E-state index in [1.165, 1.54) is 18.2 Å². The molecular weight excluding hydrogens is 331 g/mol. The second-order valence-electron chi connectivity index (χ2n) is 5.57. The van der Waals surface area contributed by atoms with Gasteiger partial charge >= 0.3 is 6.55 Å². The highest BCUT2D eigenvalue weighted by molar-refractivity contribution is 5.78. The summed E-state index contributed by atoms with van der Waals surface area (Å²) in [5.41, 5.74) is 1.40. The topological polar surface area (TPSA) is 46.9 Å². The summed E-state index contributed by atoms with van der Waals surface area (Å²) in [5, 5.41) is 2.65. The zero-order valence-corrected chi connectivity index (χ0v) is 13.3. The highest BCUT2D eigenvalue weighted by Gasteiger charge is 2.17. The van der Waals surface area contributed by atoms with Crippen LogP contribution in [0.1, 0.15) is 17.9 Å². The zero-order chi connectivity index (χ0) is 17.8. The van der Waals surface area contributed by atoms with Crippen LogP contribution in [0.2, 0.25) is 0 Å². The maximum atomic E-state index is 13.3. The SMILES string of the molecule is O=C(Cc1cccc(F)c1)NCCc1nc2ccccc2n1C(F)F. The van der Waals surface area contributed by atoms with Crippen molar-refractivity contribution in [1.82, 2.24) is 14.9 Å². The van der Waals surface area contributed by atoms with E-state index in [2.05, 4.69) is 10.3 Å². The number of nitrogens with one attached hydrogen (secondary N) is 1. The van der Waals surface area contributed by atoms with Crippen molar-refractivity contribution >= 4 is 16.9 Å². The van der Waals surface area contributed by atoms with Crippen molar-refractivity contribution < 1.29 is 18.0 Å². The first-order valence-corrected chi connectivity index (χ1v) is 7.80. The smallest absolute Gasteiger partial charge is 0.320 e. The number of rotatable bonds is 6. The number of hydrogen-bond donors (Lipinski definition) is 1. The van der Waals surface area contributed by atoms with Gasteiger partial charge in [-0.3, -0.25) is 9.36 Å². The lowest BCUT2D eigenvalue weighted by molar-refractivity contribution is -0.120. The molecule has 3 rings (SSSR count). The van der Waals surface area contributed by atoms with Crippen molar-refractivity contribution in [3.05, 3.63) is 65.7 Å². The summed E-state index contributed by atoms with van der Waals surface area (Å²) in [4.78, 5) is 16.1. The van der Waals surface area contributed by atoms with E-state index in [0.29, 0.717) is 16.6 Å². The summed E-state index contributed by atoms with van der Waals surface area (Å²) in [5.74, 6) is -0.497. The van der Waals surface area contributed by atoms with E-state index in [4.69, 9.17) is 0 Å². The number of alkyl halides is 2. The minimum absolute atomic E-state index is 0.0308. The molecule has 0 bridgehead atoms. The maximum absolute atomic E-state index is 13.3. The third kappa shape index (κ3) is 3.99. The first kappa shape index (κ1) is 17.0. The summed E-state index contributed by atoms with van der Waals surface area (Å²) in [7, 11) is 0. The number of carbonyl (C=O) groups is 1. The lowest BCUT2D eigenvalue weighted by atomic mass is 10.1. The fourth-order valence-electron chi connectivity index (χ4n) is 2.70. The molecule has 4 nitrogen and oxygen atoms in total. The number of para-hydroxylation sites is 2. The Morgan fingerprint density at radius 3 is 2.72 bits per heavy atom. The first-order valence-electron chi connectivity index (χ1n) is 7.80. The van der Waals surface area contributed by atoms with Gasteiger partial charge in [-0.15, -0.1) is 0 Å². The van der Waals surface area contributed by atoms with E-state index < -0.39 is 12.4 Å². The monoisotopic (exact) mass is 347 g/mol. The number of hydrogen-bond acceptors (Lipinski definition) is 2. The van der Waals surface area contributed by atoms with Gasteiger partial charge in [-0.1, -0.05) is 24.3 Å². The number of nitrogens with zero attached hydrogens (tertiary/aromatic N) is 2. The average molecular weight is 347 g/mol. The molecule has 0 radical (unpaired) electrons. The molecule has 0 atom stereocenters. The Balaban J connectivity index is 1.63. The average Bonchev–Trinajstić information content (AvgIpc) is 2.93. The summed E-state index contributed by atoms with van der Waals surface area (Å²) >= 11 is 0. The molecule has 25 heavy (non-hydrogen) atoms. The molecule has 0 unspecified atom stereocenters. The standard InChI is InChI=1S/C18H16F3N3O/c19-13-5-3-4-12(10-13)11-17(25)22-9-8-16-23-14-6-1-2-7-15(14)24(16)18(20)21/h1-7,10,18H,8-9,11H2,(H,22,25). The Kier molecular flexibility index (Phi) is 5.02. The van der Waals surface area contributed by atoms with E-state index >= 15 is 0 Å². The van der Waals surface area contributed by atoms with Crippen LogP contribution in [-0.2, 0) is 17.6 Å². The van der Waals surface area contributed by atoms with Gasteiger partial charge in [-0.2, -0.15) is 8.78 Å². The molecule has 0 aliphatic rings. The maximum Gasteiger partial charge on any atom is 0.320 e. The lowest BCUT2D eigenvalue weighted by Gasteiger charge is -2.09. The molecule has 0 spiro atoms. The molecular formula is C18H16F3N3O. The number of amides is 1. The van der Waals surface area contributed by atoms with Gasteiger partial charge in [-0.25, -0.2) is 9.37 Å². The Hall–Kier alpha value is -2.83. The molecule has 0 saturated carbocycles. The predicted octanol–water partition coefficient (Wildman–Crippen LogP) is 3.47. The van der Waals surface area contributed by atoms with Crippen molar-refractivity contribution in [3.63, 3.8) is 0 Å². The summed E-state index contributed by atoms with van der Waals surface area (Å²) in [6, 6.07) is 12.4. The van der Waals surface area contributed by atoms with Crippen LogP contribution in [0.4, 0.5) is 13.2 Å². The highest BCUT2D eigenvalue weighted by atomic mass is 19.3. The number of benzene rings is 2. The van der Waals surface area contributed by atoms with Gasteiger partial charge in [0.05, 0.1) is 17.5 Å². The zero-order valence-electron chi connectivity index (χ0n) is 13.3. The normalized spacial score (nSPS) is 11.2. The molecule has 1 heterocycles. The van der Waals surface area contributed by atoms with Gasteiger partial charge in [0.15, 0.2) is 0 Å². The van der Waals surface area contributed by atoms with Crippen molar-refractivity contribution in [2.45, 2.75) is 19.4 Å². The van der Waals surface area contributed by atoms with E-state index in [0.717, 1.165) is 4.57 Å². The van der Waals surface area contributed by atoms with Gasteiger partial charge in [-0.05, 0) is 29.8 Å². The molecule has 130 valence electrons. The second kappa shape index (κ2) is 7.38. The fraction of sp³-hybridized carbons (Fsp3) is 0.222. The fourth-order valence-corrected chi connectivity index (χ4v) is 2.70. The van der Waals surface area contributed by atoms with E-state index in [1.807, 2.05) is 0 Å². The minimum atomic E-state index is -2.70. The Bertz CT molecular complexity index is 892. The number of fused-ring (bicyclic) bond motifs is 1. The summed E-state index contributed by atoms with van der Waals surface area (Å²) < 4.78 is 40.6. The third-order valence-corrected chi connectivity index (χ3v) is 3.79. The Morgan fingerprint density at radius 1 is 1.16 bits per heavy atom. The van der Waals surface area contributed by atoms with Gasteiger partial charge in [0.2, 0.25) is 5.91 Å². The van der Waals surface area contributed by atoms with Gasteiger partial charge in [0, 0.05) is 13.0 Å². The van der Waals surface area contributed by atoms with Gasteiger partial charge in [0.25, 0.3) is 0 Å². The number of imidazole rings is 1.